The Balaban J connectivity index is 0.000000116. The van der Waals surface area contributed by atoms with Gasteiger partial charge in [0.05, 0.1) is 5.41 Å². The zero-order valence-corrected chi connectivity index (χ0v) is 57.1. The van der Waals surface area contributed by atoms with Crippen molar-refractivity contribution >= 4 is 15.9 Å². The maximum Gasteiger partial charge on any atom is 0.394 e. The summed E-state index contributed by atoms with van der Waals surface area (Å²) in [6, 6.07) is 94.7. The van der Waals surface area contributed by atoms with E-state index in [0.29, 0.717) is 19.3 Å². The molecule has 0 aromatic heterocycles. The van der Waals surface area contributed by atoms with E-state index < -0.39 is 58.2 Å². The van der Waals surface area contributed by atoms with Crippen molar-refractivity contribution in [1.82, 2.24) is 0 Å². The topological polar surface area (TPSA) is 0 Å². The minimum Gasteiger partial charge on any atom is -0.206 e. The Bertz CT molecular complexity index is 3850. The van der Waals surface area contributed by atoms with E-state index in [9.17, 15) is 13.2 Å². The van der Waals surface area contributed by atoms with Crippen LogP contribution in [0.4, 0.5) is 35.1 Å². The minimum absolute atomic E-state index is 0.205. The maximum absolute atomic E-state index is 15.3. The van der Waals surface area contributed by atoms with Crippen LogP contribution in [0.3, 0.4) is 0 Å². The molecule has 0 heterocycles. The average molecular weight is 1390 g/mol. The van der Waals surface area contributed by atoms with Crippen molar-refractivity contribution in [3.63, 3.8) is 0 Å². The fourth-order valence-corrected chi connectivity index (χ4v) is 26.9. The van der Waals surface area contributed by atoms with E-state index in [1.807, 2.05) is 109 Å². The van der Waals surface area contributed by atoms with Crippen molar-refractivity contribution in [2.75, 3.05) is 0 Å². The summed E-state index contributed by atoms with van der Waals surface area (Å²) < 4.78 is 116. The van der Waals surface area contributed by atoms with Gasteiger partial charge in [0.15, 0.2) is 0 Å². The Labute approximate surface area is 581 Å². The van der Waals surface area contributed by atoms with Crippen LogP contribution in [0.1, 0.15) is 178 Å². The second-order valence-corrected chi connectivity index (χ2v) is 34.9. The molecular formula is C89H85BrF8. The number of rotatable bonds is 12. The van der Waals surface area contributed by atoms with Gasteiger partial charge in [0.1, 0.15) is 6.42 Å². The number of halogens is 9. The third-order valence-corrected chi connectivity index (χ3v) is 27.2. The Hall–Kier alpha value is -7.10. The summed E-state index contributed by atoms with van der Waals surface area (Å²) in [5.74, 6) is -3.81. The molecule has 9 aromatic carbocycles. The van der Waals surface area contributed by atoms with Crippen LogP contribution in [0, 0.1) is 10.8 Å². The Morgan fingerprint density at radius 3 is 0.582 bits per heavy atom. The number of hydrogen-bond donors (Lipinski definition) is 0. The predicted molar refractivity (Wildman–Crippen MR) is 379 cm³/mol. The monoisotopic (exact) mass is 1380 g/mol. The maximum atomic E-state index is 15.3. The fourth-order valence-electron chi connectivity index (χ4n) is 25.3. The molecule has 0 atom stereocenters. The molecule has 12 saturated carbocycles. The number of alkyl halides is 9. The van der Waals surface area contributed by atoms with E-state index in [0.717, 1.165) is 71.9 Å². The van der Waals surface area contributed by atoms with Gasteiger partial charge in [-0.3, -0.25) is 0 Å². The first-order valence-electron chi connectivity index (χ1n) is 35.5. The first-order chi connectivity index (χ1) is 46.8. The summed E-state index contributed by atoms with van der Waals surface area (Å²) in [5, 5.41) is 0. The fraction of sp³-hybridized carbons (Fsp3) is 0.393. The van der Waals surface area contributed by atoms with E-state index in [1.54, 1.807) is 16.7 Å². The van der Waals surface area contributed by atoms with E-state index in [1.165, 1.54) is 38.5 Å². The highest BCUT2D eigenvalue weighted by molar-refractivity contribution is 9.10. The molecule has 0 aliphatic heterocycles. The molecule has 0 amide bonds. The SMILES string of the molecule is BrC12CC3(c4ccccc4)CC(c4ccccc4)(C1)CC(c1ccccc1)(C2)C3.FC(F)(F)C12CC3(c4ccccc4)CC(c4ccccc4)(CC(c4ccccc4)(C3)C1)C2.FC(F)(F)CC(F)(F)CC12CC3(c4ccccc4)CC(c4ccccc4)(C1)CC(c1ccccc1)(C2)C3. The zero-order chi connectivity index (χ0) is 67.7. The van der Waals surface area contributed by atoms with Crippen molar-refractivity contribution in [2.45, 2.75) is 200 Å². The van der Waals surface area contributed by atoms with Crippen LogP contribution < -0.4 is 0 Å². The van der Waals surface area contributed by atoms with Gasteiger partial charge in [-0.1, -0.05) is 289 Å². The van der Waals surface area contributed by atoms with Gasteiger partial charge in [0.2, 0.25) is 0 Å². The molecule has 0 radical (unpaired) electrons. The van der Waals surface area contributed by atoms with Crippen LogP contribution in [-0.4, -0.2) is 22.6 Å². The lowest BCUT2D eigenvalue weighted by atomic mass is 9.32. The molecule has 12 fully saturated rings. The number of benzene rings is 9. The third kappa shape index (κ3) is 11.2. The van der Waals surface area contributed by atoms with E-state index in [2.05, 4.69) is 180 Å². The Morgan fingerprint density at radius 1 is 0.235 bits per heavy atom. The van der Waals surface area contributed by atoms with Gasteiger partial charge in [0, 0.05) is 10.7 Å². The van der Waals surface area contributed by atoms with Crippen molar-refractivity contribution in [3.05, 3.63) is 323 Å². The molecule has 12 aliphatic carbocycles. The number of hydrogen-bond acceptors (Lipinski definition) is 0. The molecule has 0 N–H and O–H groups in total. The van der Waals surface area contributed by atoms with E-state index >= 15 is 22.0 Å². The summed E-state index contributed by atoms with van der Waals surface area (Å²) in [6.45, 7) is 0. The highest BCUT2D eigenvalue weighted by atomic mass is 79.9. The second-order valence-electron chi connectivity index (χ2n) is 33.3. The lowest BCUT2D eigenvalue weighted by Crippen LogP contribution is -2.68. The largest absolute Gasteiger partial charge is 0.394 e. The van der Waals surface area contributed by atoms with Gasteiger partial charge in [-0.25, -0.2) is 8.78 Å². The summed E-state index contributed by atoms with van der Waals surface area (Å²) >= 11 is 4.35. The molecule has 0 nitrogen and oxygen atoms in total. The van der Waals surface area contributed by atoms with Crippen molar-refractivity contribution < 1.29 is 35.1 Å². The van der Waals surface area contributed by atoms with Gasteiger partial charge in [-0.05, 0) is 220 Å². The van der Waals surface area contributed by atoms with Crippen LogP contribution in [0.5, 0.6) is 0 Å². The van der Waals surface area contributed by atoms with Crippen molar-refractivity contribution in [2.24, 2.45) is 10.8 Å². The molecule has 12 aliphatic rings. The zero-order valence-electron chi connectivity index (χ0n) is 55.5. The van der Waals surface area contributed by atoms with Gasteiger partial charge in [-0.15, -0.1) is 0 Å². The first-order valence-corrected chi connectivity index (χ1v) is 36.3. The van der Waals surface area contributed by atoms with E-state index in [4.69, 9.17) is 0 Å². The smallest absolute Gasteiger partial charge is 0.206 e. The standard InChI is InChI=1S/C32H31F5.C29H27F3.C28H27Br/c33-31(34,23-32(35,36)37)19-27-16-28(24-10-4-1-5-11-24)20-29(17-27,25-12-6-2-7-13-25)22-30(18-27,21-28)26-14-8-3-9-15-26;30-29(31,32)28-19-25(22-10-4-1-5-11-22)16-26(20-28,23-12-6-2-7-13-23)18-27(17-25,21-28)24-14-8-3-9-15-24;29-28-19-25(22-10-4-1-5-11-22)16-26(20-28,23-12-6-2-7-13-23)18-27(17-25,21-28)24-14-8-3-9-15-24/h1-15H,16-23H2;1-15H,16-21H2;1-15H,16-21H2. The van der Waals surface area contributed by atoms with Crippen LogP contribution >= 0.6 is 15.9 Å². The normalized spacial score (nSPS) is 35.2. The van der Waals surface area contributed by atoms with Crippen LogP contribution in [0.25, 0.3) is 0 Å². The predicted octanol–water partition coefficient (Wildman–Crippen LogP) is 24.2. The van der Waals surface area contributed by atoms with Crippen molar-refractivity contribution in [3.8, 4) is 0 Å². The summed E-state index contributed by atoms with van der Waals surface area (Å²) in [5.41, 5.74) is 6.84. The molecule has 21 rings (SSSR count). The van der Waals surface area contributed by atoms with E-state index in [-0.39, 0.29) is 56.1 Å². The molecule has 504 valence electrons. The van der Waals surface area contributed by atoms with Gasteiger partial charge < -0.3 is 0 Å². The van der Waals surface area contributed by atoms with Gasteiger partial charge in [-0.2, -0.15) is 26.3 Å². The van der Waals surface area contributed by atoms with Crippen LogP contribution in [-0.2, 0) is 48.7 Å². The molecule has 0 unspecified atom stereocenters. The molecule has 0 saturated heterocycles. The molecule has 9 heteroatoms. The lowest BCUT2D eigenvalue weighted by Gasteiger charge is -2.71. The quantitative estimate of drug-likeness (QED) is 0.0845. The molecule has 0 spiro atoms. The van der Waals surface area contributed by atoms with Crippen LogP contribution in [0.2, 0.25) is 0 Å². The van der Waals surface area contributed by atoms with Crippen LogP contribution in [0.15, 0.2) is 273 Å². The highest BCUT2D eigenvalue weighted by Crippen LogP contribution is 2.79. The molecule has 12 bridgehead atoms. The Kier molecular flexibility index (Phi) is 15.5. The average Bonchev–Trinajstić information content (AvgIpc) is 0.681. The molecular weight excluding hydrogens is 1300 g/mol. The first kappa shape index (κ1) is 65.5. The lowest BCUT2D eigenvalue weighted by molar-refractivity contribution is -0.286. The Morgan fingerprint density at radius 2 is 0.408 bits per heavy atom. The third-order valence-electron chi connectivity index (χ3n) is 26.4. The summed E-state index contributed by atoms with van der Waals surface area (Å²) in [7, 11) is 0. The summed E-state index contributed by atoms with van der Waals surface area (Å²) in [4.78, 5) is 0. The van der Waals surface area contributed by atoms with Gasteiger partial charge in [0.25, 0.3) is 5.92 Å². The second kappa shape index (κ2) is 23.2. The van der Waals surface area contributed by atoms with Gasteiger partial charge >= 0.3 is 12.4 Å². The van der Waals surface area contributed by atoms with Crippen molar-refractivity contribution in [1.29, 1.82) is 0 Å². The minimum atomic E-state index is -4.91. The summed E-state index contributed by atoms with van der Waals surface area (Å²) in [6.07, 6.45) is 2.65. The molecule has 98 heavy (non-hydrogen) atoms. The molecule has 9 aromatic rings. The highest BCUT2D eigenvalue weighted by Gasteiger charge is 2.76.